The predicted molar refractivity (Wildman–Crippen MR) is 18.2 cm³/mol. The van der Waals surface area contributed by atoms with E-state index in [-0.39, 0.29) is 0 Å². The lowest BCUT2D eigenvalue weighted by molar-refractivity contribution is -0.521. The van der Waals surface area contributed by atoms with Crippen molar-refractivity contribution >= 4 is 6.21 Å². The van der Waals surface area contributed by atoms with E-state index < -0.39 is 0 Å². The van der Waals surface area contributed by atoms with Crippen molar-refractivity contribution in [2.75, 3.05) is 6.54 Å². The maximum atomic E-state index is 2.81. The van der Waals surface area contributed by atoms with E-state index in [1.54, 1.807) is 0 Å². The van der Waals surface area contributed by atoms with Crippen molar-refractivity contribution in [3.63, 3.8) is 0 Å². The first-order valence-electron chi connectivity index (χ1n) is 1.55. The Morgan fingerprint density at radius 1 is 1.80 bits per heavy atom. The van der Waals surface area contributed by atoms with Crippen molar-refractivity contribution in [3.05, 3.63) is 0 Å². The van der Waals surface area contributed by atoms with E-state index in [2.05, 4.69) is 16.1 Å². The van der Waals surface area contributed by atoms with Crippen molar-refractivity contribution in [1.82, 2.24) is 11.0 Å². The quantitative estimate of drug-likeness (QED) is 0.288. The minimum Gasteiger partial charge on any atom is -0.177 e. The molecule has 0 saturated heterocycles. The fraction of sp³-hybridized carbons (Fsp3) is 0.500. The molecular formula is C2H6N3+. The molecule has 0 spiro atoms. The number of hydrazone groups is 1. The molecule has 1 heterocycles. The van der Waals surface area contributed by atoms with Gasteiger partial charge in [0.25, 0.3) is 0 Å². The van der Waals surface area contributed by atoms with Gasteiger partial charge < -0.3 is 0 Å². The Bertz CT molecular complexity index is 42.9. The summed E-state index contributed by atoms with van der Waals surface area (Å²) in [6.45, 7) is 0.903. The highest BCUT2D eigenvalue weighted by Crippen LogP contribution is 1.32. The first-order valence-corrected chi connectivity index (χ1v) is 1.55. The summed E-state index contributed by atoms with van der Waals surface area (Å²) < 4.78 is 0. The minimum atomic E-state index is 0.903. The van der Waals surface area contributed by atoms with E-state index in [1.165, 1.54) is 0 Å². The molecule has 0 aliphatic carbocycles. The lowest BCUT2D eigenvalue weighted by Crippen LogP contribution is -2.78. The van der Waals surface area contributed by atoms with Gasteiger partial charge in [0, 0.05) is 0 Å². The smallest absolute Gasteiger partial charge is 0.177 e. The van der Waals surface area contributed by atoms with Gasteiger partial charge in [-0.25, -0.2) is 0 Å². The third kappa shape index (κ3) is 0.357. The molecule has 3 nitrogen and oxygen atoms in total. The van der Waals surface area contributed by atoms with Crippen LogP contribution in [0, 0.1) is 0 Å². The summed E-state index contributed by atoms with van der Waals surface area (Å²) in [5.74, 6) is 0. The summed E-state index contributed by atoms with van der Waals surface area (Å²) >= 11 is 0. The molecule has 1 aliphatic heterocycles. The van der Waals surface area contributed by atoms with Crippen LogP contribution in [0.25, 0.3) is 0 Å². The van der Waals surface area contributed by atoms with Crippen LogP contribution < -0.4 is 16.1 Å². The zero-order valence-electron chi connectivity index (χ0n) is 2.78. The maximum absolute atomic E-state index is 2.81. The molecule has 0 radical (unpaired) electrons. The Hall–Kier alpha value is -0.570. The fourth-order valence-electron chi connectivity index (χ4n) is 0.255. The van der Waals surface area contributed by atoms with Gasteiger partial charge in [-0.05, 0) is 0 Å². The molecule has 3 heteroatoms. The van der Waals surface area contributed by atoms with Crippen molar-refractivity contribution in [2.24, 2.45) is 0 Å². The second-order valence-electron chi connectivity index (χ2n) is 0.854. The molecule has 0 saturated carbocycles. The number of nitrogens with one attached hydrogen (secondary N) is 3. The minimum absolute atomic E-state index is 0.903. The standard InChI is InChI=1S/C2H5N3/c1-2-4-5-3-1/h1,4-5H,2H2/p+1. The molecule has 0 unspecified atom stereocenters. The molecule has 0 aromatic heterocycles. The first-order chi connectivity index (χ1) is 2.50. The molecule has 5 heavy (non-hydrogen) atoms. The maximum Gasteiger partial charge on any atom is 0.184 e. The summed E-state index contributed by atoms with van der Waals surface area (Å²) in [5, 5.41) is 2.74. The molecular weight excluding hydrogens is 66.0 g/mol. The summed E-state index contributed by atoms with van der Waals surface area (Å²) in [4.78, 5) is 0. The van der Waals surface area contributed by atoms with Crippen LogP contribution in [0.2, 0.25) is 0 Å². The second kappa shape index (κ2) is 1.03. The molecule has 0 atom stereocenters. The van der Waals surface area contributed by atoms with Gasteiger partial charge in [0.2, 0.25) is 0 Å². The van der Waals surface area contributed by atoms with Crippen LogP contribution in [0.3, 0.4) is 0 Å². The SMILES string of the molecule is C1=[NH+]NNC1. The summed E-state index contributed by atoms with van der Waals surface area (Å²) in [5.41, 5.74) is 5.47. The third-order valence-corrected chi connectivity index (χ3v) is 0.467. The van der Waals surface area contributed by atoms with E-state index in [0.717, 1.165) is 6.54 Å². The van der Waals surface area contributed by atoms with Crippen LogP contribution >= 0.6 is 0 Å². The monoisotopic (exact) mass is 72.1 g/mol. The van der Waals surface area contributed by atoms with Gasteiger partial charge in [0.15, 0.2) is 6.21 Å². The van der Waals surface area contributed by atoms with Crippen LogP contribution in [0.15, 0.2) is 0 Å². The van der Waals surface area contributed by atoms with Gasteiger partial charge in [0.1, 0.15) is 0 Å². The van der Waals surface area contributed by atoms with Gasteiger partial charge in [-0.15, -0.1) is 10.6 Å². The Labute approximate surface area is 30.0 Å². The average Bonchev–Trinajstić information content (AvgIpc) is 1.76. The van der Waals surface area contributed by atoms with Crippen molar-refractivity contribution < 1.29 is 5.10 Å². The molecule has 0 aromatic carbocycles. The molecule has 0 aromatic rings. The number of hydrogen-bond acceptors (Lipinski definition) is 2. The molecule has 0 amide bonds. The van der Waals surface area contributed by atoms with Crippen LogP contribution in [0.4, 0.5) is 0 Å². The van der Waals surface area contributed by atoms with Crippen LogP contribution in [-0.2, 0) is 0 Å². The highest BCUT2D eigenvalue weighted by Gasteiger charge is 1.87. The zero-order valence-corrected chi connectivity index (χ0v) is 2.78. The molecule has 1 aliphatic rings. The zero-order chi connectivity index (χ0) is 3.54. The van der Waals surface area contributed by atoms with E-state index >= 15 is 0 Å². The first kappa shape index (κ1) is 2.66. The third-order valence-electron chi connectivity index (χ3n) is 0.467. The second-order valence-corrected chi connectivity index (χ2v) is 0.854. The highest BCUT2D eigenvalue weighted by molar-refractivity contribution is 5.52. The van der Waals surface area contributed by atoms with Crippen LogP contribution in [-0.4, -0.2) is 12.8 Å². The number of rotatable bonds is 0. The van der Waals surface area contributed by atoms with E-state index in [1.807, 2.05) is 6.21 Å². The van der Waals surface area contributed by atoms with Crippen LogP contribution in [0.5, 0.6) is 0 Å². The van der Waals surface area contributed by atoms with Gasteiger partial charge in [0.05, 0.1) is 6.54 Å². The largest absolute Gasteiger partial charge is 0.184 e. The van der Waals surface area contributed by atoms with E-state index in [4.69, 9.17) is 0 Å². The number of hydrogen-bond donors (Lipinski definition) is 3. The van der Waals surface area contributed by atoms with Gasteiger partial charge in [-0.3, -0.25) is 0 Å². The fourth-order valence-corrected chi connectivity index (χ4v) is 0.255. The summed E-state index contributed by atoms with van der Waals surface area (Å²) in [6.07, 6.45) is 1.89. The highest BCUT2D eigenvalue weighted by atomic mass is 15.6. The van der Waals surface area contributed by atoms with Gasteiger partial charge >= 0.3 is 0 Å². The lowest BCUT2D eigenvalue weighted by atomic mass is 10.8. The van der Waals surface area contributed by atoms with E-state index in [9.17, 15) is 0 Å². The normalized spacial score (nSPS) is 19.2. The molecule has 1 rings (SSSR count). The van der Waals surface area contributed by atoms with Crippen molar-refractivity contribution in [2.45, 2.75) is 0 Å². The summed E-state index contributed by atoms with van der Waals surface area (Å²) in [7, 11) is 0. The van der Waals surface area contributed by atoms with Gasteiger partial charge in [-0.1, -0.05) is 0 Å². The van der Waals surface area contributed by atoms with Crippen molar-refractivity contribution in [3.8, 4) is 0 Å². The van der Waals surface area contributed by atoms with E-state index in [0.29, 0.717) is 0 Å². The molecule has 0 fully saturated rings. The number of hydrazine groups is 2. The Morgan fingerprint density at radius 3 is 3.00 bits per heavy atom. The Morgan fingerprint density at radius 2 is 2.80 bits per heavy atom. The van der Waals surface area contributed by atoms with Crippen molar-refractivity contribution in [1.29, 1.82) is 0 Å². The topological polar surface area (TPSA) is 38.0 Å². The summed E-state index contributed by atoms with van der Waals surface area (Å²) in [6, 6.07) is 0. The van der Waals surface area contributed by atoms with Crippen LogP contribution in [0.1, 0.15) is 0 Å². The molecule has 28 valence electrons. The molecule has 3 N–H and O–H groups in total. The lowest BCUT2D eigenvalue weighted by Gasteiger charge is -1.74. The van der Waals surface area contributed by atoms with Gasteiger partial charge in [-0.2, -0.15) is 5.43 Å². The Balaban J connectivity index is 2.32. The Kier molecular flexibility index (Phi) is 0.548. The molecule has 0 bridgehead atoms. The predicted octanol–water partition coefficient (Wildman–Crippen LogP) is -2.84. The average molecular weight is 72.1 g/mol.